The maximum absolute atomic E-state index is 10.9. The minimum absolute atomic E-state index is 0.0955. The van der Waals surface area contributed by atoms with Crippen LogP contribution in [0.1, 0.15) is 25.5 Å². The summed E-state index contributed by atoms with van der Waals surface area (Å²) in [7, 11) is 0. The molecule has 0 unspecified atom stereocenters. The summed E-state index contributed by atoms with van der Waals surface area (Å²) < 4.78 is 0. The fourth-order valence-electron chi connectivity index (χ4n) is 0.873. The zero-order valence-corrected chi connectivity index (χ0v) is 9.18. The SMILES string of the molecule is CC(C)c1cc(NC(=O)CBr)n[nH]1. The summed E-state index contributed by atoms with van der Waals surface area (Å²) in [5, 5.41) is 9.73. The molecule has 2 N–H and O–H groups in total. The summed E-state index contributed by atoms with van der Waals surface area (Å²) >= 11 is 3.06. The number of aromatic amines is 1. The van der Waals surface area contributed by atoms with Gasteiger partial charge in [0, 0.05) is 11.8 Å². The van der Waals surface area contributed by atoms with Gasteiger partial charge in [-0.2, -0.15) is 5.10 Å². The van der Waals surface area contributed by atoms with Gasteiger partial charge in [-0.3, -0.25) is 9.89 Å². The topological polar surface area (TPSA) is 57.8 Å². The van der Waals surface area contributed by atoms with E-state index in [-0.39, 0.29) is 11.2 Å². The van der Waals surface area contributed by atoms with Gasteiger partial charge in [-0.05, 0) is 5.92 Å². The summed E-state index contributed by atoms with van der Waals surface area (Å²) in [5.74, 6) is 0.872. The molecule has 0 aliphatic heterocycles. The lowest BCUT2D eigenvalue weighted by atomic mass is 10.1. The molecular formula is C8H12BrN3O. The van der Waals surface area contributed by atoms with E-state index in [4.69, 9.17) is 0 Å². The predicted octanol–water partition coefficient (Wildman–Crippen LogP) is 1.87. The Morgan fingerprint density at radius 1 is 1.77 bits per heavy atom. The summed E-state index contributed by atoms with van der Waals surface area (Å²) in [6.07, 6.45) is 0. The Hall–Kier alpha value is -0.840. The van der Waals surface area contributed by atoms with Crippen molar-refractivity contribution in [3.63, 3.8) is 0 Å². The summed E-state index contributed by atoms with van der Waals surface area (Å²) in [6.45, 7) is 4.12. The maximum atomic E-state index is 10.9. The van der Waals surface area contributed by atoms with E-state index in [9.17, 15) is 4.79 Å². The average molecular weight is 246 g/mol. The number of carbonyl (C=O) groups excluding carboxylic acids is 1. The lowest BCUT2D eigenvalue weighted by molar-refractivity contribution is -0.113. The van der Waals surface area contributed by atoms with Crippen LogP contribution in [0.15, 0.2) is 6.07 Å². The van der Waals surface area contributed by atoms with Gasteiger partial charge < -0.3 is 5.32 Å². The van der Waals surface area contributed by atoms with Crippen molar-refractivity contribution in [1.82, 2.24) is 10.2 Å². The van der Waals surface area contributed by atoms with E-state index < -0.39 is 0 Å². The largest absolute Gasteiger partial charge is 0.308 e. The summed E-state index contributed by atoms with van der Waals surface area (Å²) in [6, 6.07) is 1.84. The fourth-order valence-corrected chi connectivity index (χ4v) is 1.01. The molecular weight excluding hydrogens is 234 g/mol. The molecule has 0 fully saturated rings. The first-order valence-electron chi connectivity index (χ1n) is 4.04. The molecule has 1 rings (SSSR count). The molecule has 72 valence electrons. The zero-order chi connectivity index (χ0) is 9.84. The third-order valence-electron chi connectivity index (χ3n) is 1.61. The summed E-state index contributed by atoms with van der Waals surface area (Å²) in [5.41, 5.74) is 1.02. The molecule has 0 saturated heterocycles. The molecule has 4 nitrogen and oxygen atoms in total. The standard InChI is InChI=1S/C8H12BrN3O/c1-5(2)6-3-7(12-11-6)10-8(13)4-9/h3,5H,4H2,1-2H3,(H2,10,11,12,13). The molecule has 13 heavy (non-hydrogen) atoms. The average Bonchev–Trinajstić information content (AvgIpc) is 2.52. The molecule has 1 amide bonds. The van der Waals surface area contributed by atoms with E-state index in [0.717, 1.165) is 5.69 Å². The van der Waals surface area contributed by atoms with Crippen LogP contribution in [0.4, 0.5) is 5.82 Å². The number of alkyl halides is 1. The van der Waals surface area contributed by atoms with Gasteiger partial charge in [0.2, 0.25) is 5.91 Å². The number of H-pyrrole nitrogens is 1. The van der Waals surface area contributed by atoms with Crippen molar-refractivity contribution in [2.75, 3.05) is 10.6 Å². The van der Waals surface area contributed by atoms with Crippen molar-refractivity contribution in [3.8, 4) is 0 Å². The van der Waals surface area contributed by atoms with E-state index in [1.54, 1.807) is 0 Å². The molecule has 0 aromatic carbocycles. The predicted molar refractivity (Wildman–Crippen MR) is 55.1 cm³/mol. The normalized spacial score (nSPS) is 10.5. The Bertz CT molecular complexity index is 295. The number of amides is 1. The van der Waals surface area contributed by atoms with Gasteiger partial charge in [-0.15, -0.1) is 0 Å². The first-order valence-corrected chi connectivity index (χ1v) is 5.16. The minimum atomic E-state index is -0.0955. The van der Waals surface area contributed by atoms with Gasteiger partial charge in [0.15, 0.2) is 5.82 Å². The monoisotopic (exact) mass is 245 g/mol. The highest BCUT2D eigenvalue weighted by Gasteiger charge is 2.06. The van der Waals surface area contributed by atoms with Crippen molar-refractivity contribution in [2.24, 2.45) is 0 Å². The van der Waals surface area contributed by atoms with Gasteiger partial charge in [0.05, 0.1) is 5.33 Å². The van der Waals surface area contributed by atoms with Crippen molar-refractivity contribution in [1.29, 1.82) is 0 Å². The third kappa shape index (κ3) is 2.84. The molecule has 0 aliphatic carbocycles. The van der Waals surface area contributed by atoms with Crippen LogP contribution < -0.4 is 5.32 Å². The molecule has 0 aliphatic rings. The van der Waals surface area contributed by atoms with Gasteiger partial charge in [-0.1, -0.05) is 29.8 Å². The molecule has 0 bridgehead atoms. The van der Waals surface area contributed by atoms with Gasteiger partial charge in [-0.25, -0.2) is 0 Å². The number of nitrogens with zero attached hydrogens (tertiary/aromatic N) is 1. The van der Waals surface area contributed by atoms with Gasteiger partial charge in [0.1, 0.15) is 0 Å². The van der Waals surface area contributed by atoms with Crippen LogP contribution >= 0.6 is 15.9 Å². The quantitative estimate of drug-likeness (QED) is 0.800. The first kappa shape index (κ1) is 10.2. The Labute approximate surface area is 85.2 Å². The van der Waals surface area contributed by atoms with Gasteiger partial charge in [0.25, 0.3) is 0 Å². The Morgan fingerprint density at radius 2 is 2.46 bits per heavy atom. The van der Waals surface area contributed by atoms with Crippen LogP contribution in [0.5, 0.6) is 0 Å². The van der Waals surface area contributed by atoms with Crippen molar-refractivity contribution >= 4 is 27.7 Å². The zero-order valence-electron chi connectivity index (χ0n) is 7.60. The number of aromatic nitrogens is 2. The highest BCUT2D eigenvalue weighted by Crippen LogP contribution is 2.14. The molecule has 0 saturated carbocycles. The number of hydrogen-bond acceptors (Lipinski definition) is 2. The third-order valence-corrected chi connectivity index (χ3v) is 2.12. The van der Waals surface area contributed by atoms with Crippen LogP contribution in [0.3, 0.4) is 0 Å². The van der Waals surface area contributed by atoms with Crippen molar-refractivity contribution in [2.45, 2.75) is 19.8 Å². The van der Waals surface area contributed by atoms with Crippen LogP contribution in [0, 0.1) is 0 Å². The number of carbonyl (C=O) groups is 1. The lowest BCUT2D eigenvalue weighted by Crippen LogP contribution is -2.12. The van der Waals surface area contributed by atoms with Crippen LogP contribution in [-0.4, -0.2) is 21.4 Å². The molecule has 0 radical (unpaired) electrons. The second-order valence-electron chi connectivity index (χ2n) is 3.05. The van der Waals surface area contributed by atoms with Crippen LogP contribution in [-0.2, 0) is 4.79 Å². The molecule has 1 aromatic heterocycles. The highest BCUT2D eigenvalue weighted by atomic mass is 79.9. The highest BCUT2D eigenvalue weighted by molar-refractivity contribution is 9.09. The second kappa shape index (κ2) is 4.41. The van der Waals surface area contributed by atoms with E-state index >= 15 is 0 Å². The minimum Gasteiger partial charge on any atom is -0.308 e. The molecule has 5 heteroatoms. The Kier molecular flexibility index (Phi) is 3.48. The Balaban J connectivity index is 2.64. The van der Waals surface area contributed by atoms with Crippen LogP contribution in [0.2, 0.25) is 0 Å². The number of halogens is 1. The van der Waals surface area contributed by atoms with Crippen molar-refractivity contribution in [3.05, 3.63) is 11.8 Å². The molecule has 0 atom stereocenters. The van der Waals surface area contributed by atoms with E-state index in [2.05, 4.69) is 45.3 Å². The number of anilines is 1. The fraction of sp³-hybridized carbons (Fsp3) is 0.500. The molecule has 1 heterocycles. The number of nitrogens with one attached hydrogen (secondary N) is 2. The second-order valence-corrected chi connectivity index (χ2v) is 3.61. The molecule has 0 spiro atoms. The number of hydrogen-bond donors (Lipinski definition) is 2. The first-order chi connectivity index (χ1) is 6.13. The van der Waals surface area contributed by atoms with Gasteiger partial charge >= 0.3 is 0 Å². The smallest absolute Gasteiger partial charge is 0.236 e. The van der Waals surface area contributed by atoms with Crippen molar-refractivity contribution < 1.29 is 4.79 Å². The van der Waals surface area contributed by atoms with E-state index in [1.165, 1.54) is 0 Å². The summed E-state index contributed by atoms with van der Waals surface area (Å²) in [4.78, 5) is 10.9. The van der Waals surface area contributed by atoms with E-state index in [0.29, 0.717) is 11.7 Å². The molecule has 1 aromatic rings. The lowest BCUT2D eigenvalue weighted by Gasteiger charge is -1.97. The Morgan fingerprint density at radius 3 is 2.92 bits per heavy atom. The number of rotatable bonds is 3. The van der Waals surface area contributed by atoms with Crippen LogP contribution in [0.25, 0.3) is 0 Å². The van der Waals surface area contributed by atoms with E-state index in [1.807, 2.05) is 6.07 Å². The maximum Gasteiger partial charge on any atom is 0.236 e.